The predicted molar refractivity (Wildman–Crippen MR) is 75.5 cm³/mol. The van der Waals surface area contributed by atoms with Crippen molar-refractivity contribution < 1.29 is 4.79 Å². The van der Waals surface area contributed by atoms with Crippen LogP contribution in [-0.4, -0.2) is 17.3 Å². The number of alkyl halides is 1. The molecule has 0 fully saturated rings. The number of hydrogen-bond donors (Lipinski definition) is 1. The molecule has 0 spiro atoms. The first-order valence-electron chi connectivity index (χ1n) is 6.15. The van der Waals surface area contributed by atoms with Gasteiger partial charge in [-0.1, -0.05) is 60.1 Å². The first-order chi connectivity index (χ1) is 8.19. The normalized spacial score (nSPS) is 14.1. The third-order valence-corrected chi connectivity index (χ3v) is 3.84. The molecule has 1 N–H and O–H groups in total. The summed E-state index contributed by atoms with van der Waals surface area (Å²) < 4.78 is 0. The molecule has 2 nitrogen and oxygen atoms in total. The molecule has 0 aromatic heterocycles. The highest BCUT2D eigenvalue weighted by molar-refractivity contribution is 9.09. The van der Waals surface area contributed by atoms with Gasteiger partial charge in [0.05, 0.1) is 5.92 Å². The lowest BCUT2D eigenvalue weighted by molar-refractivity contribution is -0.122. The highest BCUT2D eigenvalue weighted by Gasteiger charge is 2.18. The van der Waals surface area contributed by atoms with Crippen LogP contribution in [0.25, 0.3) is 0 Å². The van der Waals surface area contributed by atoms with E-state index in [1.165, 1.54) is 0 Å². The summed E-state index contributed by atoms with van der Waals surface area (Å²) in [5, 5.41) is 3.00. The monoisotopic (exact) mass is 297 g/mol. The predicted octanol–water partition coefficient (Wildman–Crippen LogP) is 3.47. The summed E-state index contributed by atoms with van der Waals surface area (Å²) >= 11 is 3.52. The fourth-order valence-corrected chi connectivity index (χ4v) is 1.90. The Morgan fingerprint density at radius 3 is 2.41 bits per heavy atom. The van der Waals surface area contributed by atoms with Crippen LogP contribution >= 0.6 is 15.9 Å². The van der Waals surface area contributed by atoms with Crippen molar-refractivity contribution in [1.29, 1.82) is 0 Å². The van der Waals surface area contributed by atoms with Crippen molar-refractivity contribution >= 4 is 21.8 Å². The largest absolute Gasteiger partial charge is 0.354 e. The third-order valence-electron chi connectivity index (χ3n) is 2.87. The van der Waals surface area contributed by atoms with Gasteiger partial charge in [-0.25, -0.2) is 0 Å². The van der Waals surface area contributed by atoms with Gasteiger partial charge in [0.25, 0.3) is 0 Å². The van der Waals surface area contributed by atoms with E-state index in [1.807, 2.05) is 37.3 Å². The number of halogens is 1. The molecule has 0 heterocycles. The molecule has 1 aromatic carbocycles. The van der Waals surface area contributed by atoms with Crippen LogP contribution in [0.15, 0.2) is 30.3 Å². The Bertz CT molecular complexity index is 339. The Morgan fingerprint density at radius 2 is 1.88 bits per heavy atom. The van der Waals surface area contributed by atoms with Crippen LogP contribution < -0.4 is 5.32 Å². The van der Waals surface area contributed by atoms with Gasteiger partial charge in [0.2, 0.25) is 5.91 Å². The highest BCUT2D eigenvalue weighted by atomic mass is 79.9. The number of carbonyl (C=O) groups is 1. The number of nitrogens with one attached hydrogen (secondary N) is 1. The zero-order chi connectivity index (χ0) is 12.7. The number of hydrogen-bond acceptors (Lipinski definition) is 1. The van der Waals surface area contributed by atoms with E-state index < -0.39 is 0 Å². The van der Waals surface area contributed by atoms with Crippen LogP contribution in [-0.2, 0) is 4.79 Å². The summed E-state index contributed by atoms with van der Waals surface area (Å²) in [6.07, 6.45) is 1.84. The molecule has 3 heteroatoms. The summed E-state index contributed by atoms with van der Waals surface area (Å²) in [4.78, 5) is 12.4. The topological polar surface area (TPSA) is 29.1 Å². The molecule has 0 saturated carbocycles. The van der Waals surface area contributed by atoms with Gasteiger partial charge in [-0.05, 0) is 18.4 Å². The minimum absolute atomic E-state index is 0.0345. The van der Waals surface area contributed by atoms with Gasteiger partial charge >= 0.3 is 0 Å². The minimum atomic E-state index is -0.0345. The maximum absolute atomic E-state index is 12.1. The smallest absolute Gasteiger partial charge is 0.227 e. The van der Waals surface area contributed by atoms with Crippen molar-refractivity contribution in [2.45, 2.75) is 37.4 Å². The first-order valence-corrected chi connectivity index (χ1v) is 7.07. The van der Waals surface area contributed by atoms with Crippen molar-refractivity contribution in [1.82, 2.24) is 5.32 Å². The van der Waals surface area contributed by atoms with E-state index in [4.69, 9.17) is 0 Å². The van der Waals surface area contributed by atoms with Crippen LogP contribution in [0.2, 0.25) is 0 Å². The summed E-state index contributed by atoms with van der Waals surface area (Å²) in [5.41, 5.74) is 1.09. The summed E-state index contributed by atoms with van der Waals surface area (Å²) in [7, 11) is 0. The van der Waals surface area contributed by atoms with Crippen molar-refractivity contribution in [3.63, 3.8) is 0 Å². The minimum Gasteiger partial charge on any atom is -0.354 e. The second kappa shape index (κ2) is 7.49. The molecule has 0 aliphatic heterocycles. The Kier molecular flexibility index (Phi) is 6.27. The molecule has 0 saturated heterocycles. The number of rotatable bonds is 6. The Hall–Kier alpha value is -0.830. The van der Waals surface area contributed by atoms with Crippen LogP contribution in [0, 0.1) is 0 Å². The second-order valence-corrected chi connectivity index (χ2v) is 5.42. The van der Waals surface area contributed by atoms with Crippen molar-refractivity contribution in [2.24, 2.45) is 0 Å². The third kappa shape index (κ3) is 4.50. The average Bonchev–Trinajstić information content (AvgIpc) is 2.38. The molecule has 0 bridgehead atoms. The zero-order valence-corrected chi connectivity index (χ0v) is 12.0. The van der Waals surface area contributed by atoms with Gasteiger partial charge in [-0.2, -0.15) is 0 Å². The molecule has 1 amide bonds. The SMILES string of the molecule is CCC(Br)CNC(=O)C(CC)c1ccccc1. The summed E-state index contributed by atoms with van der Waals surface area (Å²) in [5.74, 6) is 0.0874. The van der Waals surface area contributed by atoms with Gasteiger partial charge in [0, 0.05) is 11.4 Å². The summed E-state index contributed by atoms with van der Waals surface area (Å²) in [6, 6.07) is 9.95. The van der Waals surface area contributed by atoms with E-state index in [0.29, 0.717) is 11.4 Å². The van der Waals surface area contributed by atoms with E-state index in [0.717, 1.165) is 18.4 Å². The van der Waals surface area contributed by atoms with Crippen LogP contribution in [0.3, 0.4) is 0 Å². The van der Waals surface area contributed by atoms with Gasteiger partial charge < -0.3 is 5.32 Å². The number of amides is 1. The van der Waals surface area contributed by atoms with Gasteiger partial charge in [-0.3, -0.25) is 4.79 Å². The lowest BCUT2D eigenvalue weighted by Crippen LogP contribution is -2.33. The van der Waals surface area contributed by atoms with E-state index in [2.05, 4.69) is 28.2 Å². The molecule has 2 unspecified atom stereocenters. The van der Waals surface area contributed by atoms with E-state index >= 15 is 0 Å². The molecule has 2 atom stereocenters. The zero-order valence-electron chi connectivity index (χ0n) is 10.4. The van der Waals surface area contributed by atoms with Crippen molar-refractivity contribution in [2.75, 3.05) is 6.54 Å². The lowest BCUT2D eigenvalue weighted by Gasteiger charge is -2.16. The molecular formula is C14H20BrNO. The fraction of sp³-hybridized carbons (Fsp3) is 0.500. The standard InChI is InChI=1S/C14H20BrNO/c1-3-12(15)10-16-14(17)13(4-2)11-8-6-5-7-9-11/h5-9,12-13H,3-4,10H2,1-2H3,(H,16,17). The highest BCUT2D eigenvalue weighted by Crippen LogP contribution is 2.19. The van der Waals surface area contributed by atoms with Crippen LogP contribution in [0.1, 0.15) is 38.2 Å². The molecule has 0 aliphatic rings. The number of carbonyl (C=O) groups excluding carboxylic acids is 1. The Balaban J connectivity index is 2.59. The number of benzene rings is 1. The maximum atomic E-state index is 12.1. The molecular weight excluding hydrogens is 278 g/mol. The van der Waals surface area contributed by atoms with Crippen LogP contribution in [0.4, 0.5) is 0 Å². The second-order valence-electron chi connectivity index (χ2n) is 4.12. The quantitative estimate of drug-likeness (QED) is 0.801. The lowest BCUT2D eigenvalue weighted by atomic mass is 9.96. The Labute approximate surface area is 112 Å². The maximum Gasteiger partial charge on any atom is 0.227 e. The van der Waals surface area contributed by atoms with E-state index in [-0.39, 0.29) is 11.8 Å². The van der Waals surface area contributed by atoms with E-state index in [9.17, 15) is 4.79 Å². The average molecular weight is 298 g/mol. The van der Waals surface area contributed by atoms with Crippen LogP contribution in [0.5, 0.6) is 0 Å². The molecule has 1 rings (SSSR count). The first kappa shape index (κ1) is 14.2. The molecule has 17 heavy (non-hydrogen) atoms. The molecule has 1 aromatic rings. The Morgan fingerprint density at radius 1 is 1.24 bits per heavy atom. The van der Waals surface area contributed by atoms with Gasteiger partial charge in [-0.15, -0.1) is 0 Å². The molecule has 0 aliphatic carbocycles. The van der Waals surface area contributed by atoms with E-state index in [1.54, 1.807) is 0 Å². The summed E-state index contributed by atoms with van der Waals surface area (Å²) in [6.45, 7) is 4.83. The van der Waals surface area contributed by atoms with Gasteiger partial charge in [0.1, 0.15) is 0 Å². The van der Waals surface area contributed by atoms with Crippen molar-refractivity contribution in [3.8, 4) is 0 Å². The molecule has 94 valence electrons. The molecule has 0 radical (unpaired) electrons. The van der Waals surface area contributed by atoms with Crippen molar-refractivity contribution in [3.05, 3.63) is 35.9 Å². The van der Waals surface area contributed by atoms with Gasteiger partial charge in [0.15, 0.2) is 0 Å². The fourth-order valence-electron chi connectivity index (χ4n) is 1.74.